The van der Waals surface area contributed by atoms with Gasteiger partial charge in [-0.2, -0.15) is 0 Å². The molecule has 2 aromatic rings. The van der Waals surface area contributed by atoms with E-state index in [2.05, 4.69) is 4.98 Å². The van der Waals surface area contributed by atoms with Crippen molar-refractivity contribution in [2.75, 3.05) is 0 Å². The molecule has 0 amide bonds. The summed E-state index contributed by atoms with van der Waals surface area (Å²) in [5.74, 6) is 1.51. The minimum atomic E-state index is 0.347. The Morgan fingerprint density at radius 3 is 2.60 bits per heavy atom. The summed E-state index contributed by atoms with van der Waals surface area (Å²) >= 11 is 0. The van der Waals surface area contributed by atoms with Crippen molar-refractivity contribution in [3.63, 3.8) is 0 Å². The van der Waals surface area contributed by atoms with E-state index in [0.29, 0.717) is 12.4 Å². The molecular weight excluding hydrogens is 188 g/mol. The third-order valence-corrected chi connectivity index (χ3v) is 2.28. The lowest BCUT2D eigenvalue weighted by molar-refractivity contribution is 0.461. The van der Waals surface area contributed by atoms with Crippen molar-refractivity contribution in [2.24, 2.45) is 5.73 Å². The standard InChI is InChI=1S/C12H14N2O/c1-2-10-12(14-11(8-13)15-10)9-6-4-3-5-7-9/h3-7H,2,8,13H2,1H3. The first-order valence-electron chi connectivity index (χ1n) is 5.09. The van der Waals surface area contributed by atoms with Crippen LogP contribution in [0.1, 0.15) is 18.6 Å². The number of aryl methyl sites for hydroxylation is 1. The molecule has 15 heavy (non-hydrogen) atoms. The van der Waals surface area contributed by atoms with E-state index in [1.54, 1.807) is 0 Å². The van der Waals surface area contributed by atoms with Gasteiger partial charge in [0, 0.05) is 12.0 Å². The van der Waals surface area contributed by atoms with E-state index in [-0.39, 0.29) is 0 Å². The summed E-state index contributed by atoms with van der Waals surface area (Å²) in [7, 11) is 0. The smallest absolute Gasteiger partial charge is 0.208 e. The third-order valence-electron chi connectivity index (χ3n) is 2.28. The first kappa shape index (κ1) is 9.93. The quantitative estimate of drug-likeness (QED) is 0.831. The first-order chi connectivity index (χ1) is 7.35. The normalized spacial score (nSPS) is 10.5. The molecule has 0 radical (unpaired) electrons. The van der Waals surface area contributed by atoms with Crippen molar-refractivity contribution in [3.05, 3.63) is 42.0 Å². The number of rotatable bonds is 3. The molecule has 0 fully saturated rings. The minimum Gasteiger partial charge on any atom is -0.444 e. The van der Waals surface area contributed by atoms with Crippen LogP contribution in [0, 0.1) is 0 Å². The van der Waals surface area contributed by atoms with E-state index in [4.69, 9.17) is 10.2 Å². The highest BCUT2D eigenvalue weighted by molar-refractivity contribution is 5.61. The van der Waals surface area contributed by atoms with Gasteiger partial charge in [-0.3, -0.25) is 0 Å². The monoisotopic (exact) mass is 202 g/mol. The van der Waals surface area contributed by atoms with Gasteiger partial charge in [-0.15, -0.1) is 0 Å². The minimum absolute atomic E-state index is 0.347. The highest BCUT2D eigenvalue weighted by Crippen LogP contribution is 2.23. The molecule has 2 N–H and O–H groups in total. The van der Waals surface area contributed by atoms with E-state index in [1.165, 1.54) is 0 Å². The molecular formula is C12H14N2O. The van der Waals surface area contributed by atoms with Gasteiger partial charge >= 0.3 is 0 Å². The number of aromatic nitrogens is 1. The zero-order chi connectivity index (χ0) is 10.7. The van der Waals surface area contributed by atoms with Gasteiger partial charge in [0.25, 0.3) is 0 Å². The van der Waals surface area contributed by atoms with Crippen molar-refractivity contribution in [1.29, 1.82) is 0 Å². The summed E-state index contributed by atoms with van der Waals surface area (Å²) < 4.78 is 5.53. The summed E-state index contributed by atoms with van der Waals surface area (Å²) in [6.07, 6.45) is 0.831. The summed E-state index contributed by atoms with van der Waals surface area (Å²) in [5, 5.41) is 0. The number of hydrogen-bond acceptors (Lipinski definition) is 3. The van der Waals surface area contributed by atoms with Gasteiger partial charge in [0.2, 0.25) is 5.89 Å². The van der Waals surface area contributed by atoms with Gasteiger partial charge in [-0.25, -0.2) is 4.98 Å². The van der Waals surface area contributed by atoms with Crippen LogP contribution in [0.5, 0.6) is 0 Å². The molecule has 0 aliphatic rings. The topological polar surface area (TPSA) is 52.0 Å². The molecule has 0 saturated heterocycles. The highest BCUT2D eigenvalue weighted by Gasteiger charge is 2.11. The van der Waals surface area contributed by atoms with Crippen LogP contribution >= 0.6 is 0 Å². The summed E-state index contributed by atoms with van der Waals surface area (Å²) in [6, 6.07) is 10.0. The molecule has 1 heterocycles. The lowest BCUT2D eigenvalue weighted by Crippen LogP contribution is -1.95. The SMILES string of the molecule is CCc1oc(CN)nc1-c1ccccc1. The lowest BCUT2D eigenvalue weighted by Gasteiger charge is -1.97. The van der Waals surface area contributed by atoms with E-state index in [1.807, 2.05) is 37.3 Å². The maximum Gasteiger partial charge on any atom is 0.208 e. The molecule has 0 aliphatic heterocycles. The second-order valence-electron chi connectivity index (χ2n) is 3.30. The molecule has 0 spiro atoms. The number of nitrogens with zero attached hydrogens (tertiary/aromatic N) is 1. The largest absolute Gasteiger partial charge is 0.444 e. The molecule has 0 unspecified atom stereocenters. The van der Waals surface area contributed by atoms with Gasteiger partial charge < -0.3 is 10.2 Å². The van der Waals surface area contributed by atoms with Gasteiger partial charge in [-0.05, 0) is 0 Å². The van der Waals surface area contributed by atoms with Crippen LogP contribution in [-0.4, -0.2) is 4.98 Å². The maximum atomic E-state index is 5.53. The molecule has 0 atom stereocenters. The summed E-state index contributed by atoms with van der Waals surface area (Å²) in [5.41, 5.74) is 7.51. The Balaban J connectivity index is 2.47. The molecule has 2 rings (SSSR count). The Morgan fingerprint density at radius 2 is 2.00 bits per heavy atom. The van der Waals surface area contributed by atoms with Gasteiger partial charge in [0.1, 0.15) is 11.5 Å². The second-order valence-corrected chi connectivity index (χ2v) is 3.30. The van der Waals surface area contributed by atoms with E-state index < -0.39 is 0 Å². The van der Waals surface area contributed by atoms with Crippen molar-refractivity contribution in [1.82, 2.24) is 4.98 Å². The van der Waals surface area contributed by atoms with Crippen molar-refractivity contribution in [2.45, 2.75) is 19.9 Å². The van der Waals surface area contributed by atoms with Crippen LogP contribution in [0.25, 0.3) is 11.3 Å². The van der Waals surface area contributed by atoms with E-state index >= 15 is 0 Å². The van der Waals surface area contributed by atoms with E-state index in [9.17, 15) is 0 Å². The van der Waals surface area contributed by atoms with E-state index in [0.717, 1.165) is 23.4 Å². The van der Waals surface area contributed by atoms with Crippen LogP contribution < -0.4 is 5.73 Å². The fourth-order valence-electron chi connectivity index (χ4n) is 1.55. The third kappa shape index (κ3) is 1.92. The molecule has 0 saturated carbocycles. The zero-order valence-electron chi connectivity index (χ0n) is 8.73. The molecule has 1 aromatic heterocycles. The van der Waals surface area contributed by atoms with Crippen molar-refractivity contribution >= 4 is 0 Å². The van der Waals surface area contributed by atoms with Gasteiger partial charge in [-0.1, -0.05) is 37.3 Å². The highest BCUT2D eigenvalue weighted by atomic mass is 16.4. The van der Waals surface area contributed by atoms with Crippen LogP contribution in [0.3, 0.4) is 0 Å². The molecule has 3 nitrogen and oxygen atoms in total. The van der Waals surface area contributed by atoms with Gasteiger partial charge in [0.05, 0.1) is 6.54 Å². The predicted molar refractivity (Wildman–Crippen MR) is 59.2 cm³/mol. The molecule has 78 valence electrons. The predicted octanol–water partition coefficient (Wildman–Crippen LogP) is 2.36. The average molecular weight is 202 g/mol. The average Bonchev–Trinajstić information content (AvgIpc) is 2.73. The van der Waals surface area contributed by atoms with Crippen LogP contribution in [-0.2, 0) is 13.0 Å². The van der Waals surface area contributed by atoms with Crippen molar-refractivity contribution < 1.29 is 4.42 Å². The maximum absolute atomic E-state index is 5.53. The van der Waals surface area contributed by atoms with Crippen LogP contribution in [0.15, 0.2) is 34.7 Å². The molecule has 3 heteroatoms. The number of nitrogens with two attached hydrogens (primary N) is 1. The zero-order valence-corrected chi connectivity index (χ0v) is 8.73. The second kappa shape index (κ2) is 4.28. The fourth-order valence-corrected chi connectivity index (χ4v) is 1.55. The fraction of sp³-hybridized carbons (Fsp3) is 0.250. The Kier molecular flexibility index (Phi) is 2.83. The summed E-state index contributed by atoms with van der Waals surface area (Å²) in [6.45, 7) is 2.40. The Bertz CT molecular complexity index is 434. The number of oxazole rings is 1. The number of benzene rings is 1. The van der Waals surface area contributed by atoms with Crippen LogP contribution in [0.2, 0.25) is 0 Å². The molecule has 0 aliphatic carbocycles. The lowest BCUT2D eigenvalue weighted by atomic mass is 10.1. The summed E-state index contributed by atoms with van der Waals surface area (Å²) in [4.78, 5) is 4.38. The number of hydrogen-bond donors (Lipinski definition) is 1. The molecule has 1 aromatic carbocycles. The Labute approximate surface area is 88.9 Å². The Morgan fingerprint density at radius 1 is 1.27 bits per heavy atom. The molecule has 0 bridgehead atoms. The Hall–Kier alpha value is -1.61. The van der Waals surface area contributed by atoms with Gasteiger partial charge in [0.15, 0.2) is 0 Å². The van der Waals surface area contributed by atoms with Crippen LogP contribution in [0.4, 0.5) is 0 Å². The first-order valence-corrected chi connectivity index (χ1v) is 5.09. The van der Waals surface area contributed by atoms with Crippen molar-refractivity contribution in [3.8, 4) is 11.3 Å².